The van der Waals surface area contributed by atoms with E-state index >= 15 is 0 Å². The van der Waals surface area contributed by atoms with Crippen LogP contribution in [-0.2, 0) is 13.0 Å². The number of ether oxygens (including phenoxy) is 1. The molecule has 42 heavy (non-hydrogen) atoms. The fraction of sp³-hybridized carbons (Fsp3) is 0.118. The zero-order valence-electron chi connectivity index (χ0n) is 22.2. The van der Waals surface area contributed by atoms with Gasteiger partial charge in [-0.05, 0) is 99.1 Å². The number of thiazole rings is 1. The van der Waals surface area contributed by atoms with Crippen LogP contribution in [0.1, 0.15) is 40.3 Å². The topological polar surface area (TPSA) is 43.6 Å². The van der Waals surface area contributed by atoms with Gasteiger partial charge in [-0.3, -0.25) is 9.36 Å². The quantitative estimate of drug-likeness (QED) is 0.181. The highest BCUT2D eigenvalue weighted by Gasteiger charge is 2.32. The molecule has 0 spiro atoms. The van der Waals surface area contributed by atoms with Crippen molar-refractivity contribution in [3.63, 3.8) is 0 Å². The molecular weight excluding hydrogens is 740 g/mol. The molecule has 5 aromatic rings. The molecule has 0 fully saturated rings. The summed E-state index contributed by atoms with van der Waals surface area (Å²) in [6, 6.07) is 30.6. The van der Waals surface area contributed by atoms with Crippen molar-refractivity contribution in [1.29, 1.82) is 0 Å². The van der Waals surface area contributed by atoms with Crippen LogP contribution in [0, 0.1) is 0 Å². The lowest BCUT2D eigenvalue weighted by molar-refractivity contribution is 0.304. The van der Waals surface area contributed by atoms with Gasteiger partial charge < -0.3 is 4.74 Å². The third-order valence-electron chi connectivity index (χ3n) is 7.62. The normalized spacial score (nSPS) is 16.0. The molecule has 2 heterocycles. The first-order valence-corrected chi connectivity index (χ1v) is 16.7. The molecule has 2 aliphatic rings. The predicted molar refractivity (Wildman–Crippen MR) is 180 cm³/mol. The fourth-order valence-corrected chi connectivity index (χ4v) is 7.63. The Hall–Kier alpha value is -3.04. The van der Waals surface area contributed by atoms with E-state index in [-0.39, 0.29) is 11.6 Å². The highest BCUT2D eigenvalue weighted by atomic mass is 79.9. The minimum absolute atomic E-state index is 0.0243. The predicted octanol–water partition coefficient (Wildman–Crippen LogP) is 8.19. The van der Waals surface area contributed by atoms with Crippen LogP contribution >= 0.6 is 59.1 Å². The van der Waals surface area contributed by atoms with Gasteiger partial charge in [-0.25, -0.2) is 4.99 Å². The summed E-state index contributed by atoms with van der Waals surface area (Å²) in [4.78, 5) is 19.9. The number of nitrogens with zero attached hydrogens (tertiary/aromatic N) is 2. The van der Waals surface area contributed by atoms with Crippen molar-refractivity contribution >= 4 is 70.9 Å². The summed E-state index contributed by atoms with van der Waals surface area (Å²) in [5.41, 5.74) is 7.74. The molecule has 1 aliphatic carbocycles. The maximum absolute atomic E-state index is 14.0. The summed E-state index contributed by atoms with van der Waals surface area (Å²) in [6.45, 7) is 0.466. The Kier molecular flexibility index (Phi) is 7.65. The van der Waals surface area contributed by atoms with Gasteiger partial charge in [-0.15, -0.1) is 0 Å². The first-order valence-electron chi connectivity index (χ1n) is 13.5. The molecule has 0 saturated carbocycles. The lowest BCUT2D eigenvalue weighted by Crippen LogP contribution is -2.38. The van der Waals surface area contributed by atoms with Gasteiger partial charge in [0.1, 0.15) is 12.4 Å². The second kappa shape index (κ2) is 11.6. The standard InChI is InChI=1S/C34H23Br3N2O2S/c35-24-11-5-20(6-12-24)19-41-29-16-7-21(17-28(29)37)18-30-33(40)39-32(23-8-13-25(36)14-9-23)27-15-10-22-3-1-2-4-26(22)31(27)38-34(39)42-30/h1-9,11-14,16-18,32H,10,15,19H2/b30-18+/t32-/m1/s1. The molecule has 1 atom stereocenters. The van der Waals surface area contributed by atoms with Gasteiger partial charge in [0.15, 0.2) is 4.80 Å². The van der Waals surface area contributed by atoms with Crippen LogP contribution in [0.5, 0.6) is 5.75 Å². The number of aryl methyl sites for hydroxylation is 1. The van der Waals surface area contributed by atoms with Crippen LogP contribution in [-0.4, -0.2) is 4.57 Å². The van der Waals surface area contributed by atoms with Crippen molar-refractivity contribution in [3.05, 3.63) is 157 Å². The second-order valence-electron chi connectivity index (χ2n) is 10.3. The summed E-state index contributed by atoms with van der Waals surface area (Å²) < 4.78 is 11.5. The average molecular weight is 763 g/mol. The lowest BCUT2D eigenvalue weighted by atomic mass is 9.83. The minimum Gasteiger partial charge on any atom is -0.488 e. The molecule has 4 nitrogen and oxygen atoms in total. The number of rotatable bonds is 5. The number of hydrogen-bond donors (Lipinski definition) is 0. The summed E-state index contributed by atoms with van der Waals surface area (Å²) >= 11 is 12.1. The number of allylic oxidation sites excluding steroid dienone is 1. The van der Waals surface area contributed by atoms with Crippen LogP contribution in [0.4, 0.5) is 0 Å². The van der Waals surface area contributed by atoms with E-state index in [9.17, 15) is 4.79 Å². The number of benzene rings is 4. The molecule has 0 amide bonds. The molecule has 1 aromatic heterocycles. The molecule has 7 rings (SSSR count). The van der Waals surface area contributed by atoms with Gasteiger partial charge in [0.25, 0.3) is 5.56 Å². The summed E-state index contributed by atoms with van der Waals surface area (Å²) in [5.74, 6) is 0.748. The largest absolute Gasteiger partial charge is 0.488 e. The van der Waals surface area contributed by atoms with E-state index in [4.69, 9.17) is 9.73 Å². The summed E-state index contributed by atoms with van der Waals surface area (Å²) in [6.07, 6.45) is 3.75. The summed E-state index contributed by atoms with van der Waals surface area (Å²) in [7, 11) is 0. The Bertz CT molecular complexity index is 2040. The number of hydrogen-bond acceptors (Lipinski definition) is 4. The highest BCUT2D eigenvalue weighted by molar-refractivity contribution is 9.11. The molecule has 208 valence electrons. The zero-order valence-corrected chi connectivity index (χ0v) is 27.8. The van der Waals surface area contributed by atoms with Crippen LogP contribution in [0.25, 0.3) is 11.8 Å². The third kappa shape index (κ3) is 5.30. The van der Waals surface area contributed by atoms with Gasteiger partial charge in [0.05, 0.1) is 20.7 Å². The molecule has 0 N–H and O–H groups in total. The van der Waals surface area contributed by atoms with Gasteiger partial charge >= 0.3 is 0 Å². The van der Waals surface area contributed by atoms with E-state index in [1.54, 1.807) is 0 Å². The van der Waals surface area contributed by atoms with Crippen molar-refractivity contribution in [1.82, 2.24) is 4.57 Å². The van der Waals surface area contributed by atoms with E-state index in [1.165, 1.54) is 28.0 Å². The van der Waals surface area contributed by atoms with E-state index in [2.05, 4.69) is 84.2 Å². The zero-order chi connectivity index (χ0) is 28.8. The van der Waals surface area contributed by atoms with Crippen LogP contribution < -0.4 is 19.6 Å². The molecule has 0 radical (unpaired) electrons. The van der Waals surface area contributed by atoms with Gasteiger partial charge in [-0.2, -0.15) is 0 Å². The lowest BCUT2D eigenvalue weighted by Gasteiger charge is -2.30. The summed E-state index contributed by atoms with van der Waals surface area (Å²) in [5, 5.41) is 0. The molecule has 0 unspecified atom stereocenters. The number of fused-ring (bicyclic) bond motifs is 3. The maximum Gasteiger partial charge on any atom is 0.271 e. The number of halogens is 3. The van der Waals surface area contributed by atoms with E-state index in [0.717, 1.165) is 59.2 Å². The Morgan fingerprint density at radius 3 is 2.40 bits per heavy atom. The van der Waals surface area contributed by atoms with Crippen molar-refractivity contribution in [2.45, 2.75) is 25.5 Å². The maximum atomic E-state index is 14.0. The van der Waals surface area contributed by atoms with E-state index in [1.807, 2.05) is 65.2 Å². The van der Waals surface area contributed by atoms with Crippen LogP contribution in [0.2, 0.25) is 0 Å². The molecule has 0 bridgehead atoms. The Balaban J connectivity index is 1.28. The monoisotopic (exact) mass is 760 g/mol. The Labute approximate surface area is 272 Å². The first kappa shape index (κ1) is 27.8. The average Bonchev–Trinajstić information content (AvgIpc) is 3.31. The van der Waals surface area contributed by atoms with Crippen LogP contribution in [0.15, 0.2) is 120 Å². The molecule has 1 aliphatic heterocycles. The van der Waals surface area contributed by atoms with Crippen molar-refractivity contribution in [3.8, 4) is 5.75 Å². The Morgan fingerprint density at radius 1 is 0.905 bits per heavy atom. The van der Waals surface area contributed by atoms with Gasteiger partial charge in [-0.1, -0.05) is 97.8 Å². The van der Waals surface area contributed by atoms with Crippen molar-refractivity contribution in [2.24, 2.45) is 4.99 Å². The molecule has 4 aromatic carbocycles. The van der Waals surface area contributed by atoms with Crippen molar-refractivity contribution in [2.75, 3.05) is 0 Å². The fourth-order valence-electron chi connectivity index (χ4n) is 5.58. The van der Waals surface area contributed by atoms with Crippen molar-refractivity contribution < 1.29 is 4.74 Å². The second-order valence-corrected chi connectivity index (χ2v) is 14.0. The highest BCUT2D eigenvalue weighted by Crippen LogP contribution is 2.41. The molecular formula is C34H23Br3N2O2S. The van der Waals surface area contributed by atoms with Gasteiger partial charge in [0, 0.05) is 14.5 Å². The third-order valence-corrected chi connectivity index (χ3v) is 10.3. The first-order chi connectivity index (χ1) is 20.4. The number of aromatic nitrogens is 1. The molecule has 8 heteroatoms. The molecule has 0 saturated heterocycles. The Morgan fingerprint density at radius 2 is 1.64 bits per heavy atom. The van der Waals surface area contributed by atoms with E-state index < -0.39 is 0 Å². The van der Waals surface area contributed by atoms with E-state index in [0.29, 0.717) is 11.1 Å². The van der Waals surface area contributed by atoms with Crippen LogP contribution in [0.3, 0.4) is 0 Å². The SMILES string of the molecule is O=c1/c(=C\c2ccc(OCc3ccc(Br)cc3)c(Br)c2)sc2n1[C@H](c1ccc(Br)cc1)C1=C(N=2)c2ccccc2CC1. The minimum atomic E-state index is -0.194. The van der Waals surface area contributed by atoms with Gasteiger partial charge in [0.2, 0.25) is 0 Å². The smallest absolute Gasteiger partial charge is 0.271 e.